The lowest BCUT2D eigenvalue weighted by Crippen LogP contribution is -2.24. The molecule has 1 atom stereocenters. The highest BCUT2D eigenvalue weighted by molar-refractivity contribution is 5.72. The maximum Gasteiger partial charge on any atom is 0.302 e. The summed E-state index contributed by atoms with van der Waals surface area (Å²) in [5, 5.41) is 10.9. The standard InChI is InChI=1S/C6H11NO3.C4H8O3.C2H4O/c1-5(8)7-3-4-10-6(2)9;1-4(6)2-7-3-5;1-2-3/h3-4H2,1-2H3,(H,7,8);3-4,6H,2H2,1H3;2H,1H3. The average Bonchev–Trinajstić information content (AvgIpc) is 2.33. The number of aldehydes is 1. The lowest BCUT2D eigenvalue weighted by atomic mass is 10.5. The van der Waals surface area contributed by atoms with Crippen LogP contribution in [0.3, 0.4) is 0 Å². The van der Waals surface area contributed by atoms with E-state index in [0.29, 0.717) is 13.0 Å². The molecule has 118 valence electrons. The second-order valence-electron chi connectivity index (χ2n) is 3.34. The third-order valence-electron chi connectivity index (χ3n) is 1.19. The van der Waals surface area contributed by atoms with Crippen LogP contribution in [0.5, 0.6) is 0 Å². The van der Waals surface area contributed by atoms with Gasteiger partial charge in [-0.2, -0.15) is 0 Å². The van der Waals surface area contributed by atoms with E-state index in [4.69, 9.17) is 9.90 Å². The molecule has 2 N–H and O–H groups in total. The van der Waals surface area contributed by atoms with Gasteiger partial charge in [-0.3, -0.25) is 14.4 Å². The summed E-state index contributed by atoms with van der Waals surface area (Å²) in [4.78, 5) is 38.6. The average molecular weight is 293 g/mol. The molecular weight excluding hydrogens is 270 g/mol. The number of carbonyl (C=O) groups excluding carboxylic acids is 4. The van der Waals surface area contributed by atoms with E-state index in [0.717, 1.165) is 6.29 Å². The fourth-order valence-corrected chi connectivity index (χ4v) is 0.600. The Morgan fingerprint density at radius 2 is 1.80 bits per heavy atom. The van der Waals surface area contributed by atoms with E-state index in [-0.39, 0.29) is 25.1 Å². The van der Waals surface area contributed by atoms with Gasteiger partial charge in [-0.05, 0) is 13.8 Å². The third-order valence-corrected chi connectivity index (χ3v) is 1.19. The van der Waals surface area contributed by atoms with Crippen molar-refractivity contribution in [1.29, 1.82) is 0 Å². The number of nitrogens with one attached hydrogen (secondary N) is 1. The lowest BCUT2D eigenvalue weighted by molar-refractivity contribution is -0.141. The number of ether oxygens (including phenoxy) is 2. The van der Waals surface area contributed by atoms with Crippen molar-refractivity contribution in [1.82, 2.24) is 5.32 Å². The Morgan fingerprint density at radius 1 is 1.30 bits per heavy atom. The Bertz CT molecular complexity index is 251. The molecule has 0 aromatic carbocycles. The Labute approximate surface area is 118 Å². The maximum atomic E-state index is 10.2. The van der Waals surface area contributed by atoms with Gasteiger partial charge >= 0.3 is 5.97 Å². The number of hydrogen-bond donors (Lipinski definition) is 2. The molecule has 8 nitrogen and oxygen atoms in total. The van der Waals surface area contributed by atoms with Crippen LogP contribution in [0.4, 0.5) is 0 Å². The zero-order valence-electron chi connectivity index (χ0n) is 12.3. The molecule has 0 aromatic heterocycles. The predicted molar refractivity (Wildman–Crippen MR) is 70.8 cm³/mol. The van der Waals surface area contributed by atoms with E-state index in [1.165, 1.54) is 20.8 Å². The SMILES string of the molecule is CC(=O)NCCOC(C)=O.CC(O)COC=O.CC=O. The molecular formula is C12H23NO7. The van der Waals surface area contributed by atoms with Crippen molar-refractivity contribution in [2.24, 2.45) is 0 Å². The second kappa shape index (κ2) is 19.4. The zero-order valence-corrected chi connectivity index (χ0v) is 12.3. The molecule has 20 heavy (non-hydrogen) atoms. The van der Waals surface area contributed by atoms with Crippen LogP contribution < -0.4 is 5.32 Å². The first-order chi connectivity index (χ1) is 9.31. The molecule has 0 saturated carbocycles. The molecule has 0 fully saturated rings. The Morgan fingerprint density at radius 3 is 2.05 bits per heavy atom. The maximum absolute atomic E-state index is 10.2. The molecule has 0 aromatic rings. The molecule has 0 aliphatic heterocycles. The van der Waals surface area contributed by atoms with Crippen molar-refractivity contribution in [3.8, 4) is 0 Å². The minimum atomic E-state index is -0.551. The van der Waals surface area contributed by atoms with Gasteiger partial charge in [0.15, 0.2) is 0 Å². The summed E-state index contributed by atoms with van der Waals surface area (Å²) in [5.74, 6) is -0.447. The summed E-state index contributed by atoms with van der Waals surface area (Å²) in [7, 11) is 0. The van der Waals surface area contributed by atoms with Crippen LogP contribution in [-0.2, 0) is 28.7 Å². The molecule has 0 radical (unpaired) electrons. The van der Waals surface area contributed by atoms with Crippen LogP contribution in [0.1, 0.15) is 27.7 Å². The van der Waals surface area contributed by atoms with E-state index in [1.807, 2.05) is 0 Å². The van der Waals surface area contributed by atoms with Crippen molar-refractivity contribution in [2.45, 2.75) is 33.8 Å². The Kier molecular flexibility index (Phi) is 22.4. The van der Waals surface area contributed by atoms with Crippen LogP contribution in [-0.4, -0.2) is 55.6 Å². The van der Waals surface area contributed by atoms with Gasteiger partial charge in [0.2, 0.25) is 5.91 Å². The van der Waals surface area contributed by atoms with E-state index < -0.39 is 6.10 Å². The van der Waals surface area contributed by atoms with Crippen LogP contribution in [0.15, 0.2) is 0 Å². The number of esters is 1. The lowest BCUT2D eigenvalue weighted by Gasteiger charge is -2.00. The van der Waals surface area contributed by atoms with Crippen molar-refractivity contribution in [3.05, 3.63) is 0 Å². The quantitative estimate of drug-likeness (QED) is 0.382. The summed E-state index contributed by atoms with van der Waals surface area (Å²) >= 11 is 0. The molecule has 0 aliphatic rings. The summed E-state index contributed by atoms with van der Waals surface area (Å²) in [5.41, 5.74) is 0. The minimum absolute atomic E-state index is 0.0868. The molecule has 0 rings (SSSR count). The van der Waals surface area contributed by atoms with Gasteiger partial charge in [0, 0.05) is 13.8 Å². The van der Waals surface area contributed by atoms with Crippen molar-refractivity contribution >= 4 is 24.6 Å². The molecule has 0 heterocycles. The predicted octanol–water partition coefficient (Wildman–Crippen LogP) is -0.569. The summed E-state index contributed by atoms with van der Waals surface area (Å²) in [6.07, 6.45) is 0.199. The second-order valence-corrected chi connectivity index (χ2v) is 3.34. The van der Waals surface area contributed by atoms with Crippen LogP contribution >= 0.6 is 0 Å². The topological polar surface area (TPSA) is 119 Å². The van der Waals surface area contributed by atoms with E-state index in [1.54, 1.807) is 6.92 Å². The van der Waals surface area contributed by atoms with Gasteiger partial charge in [0.1, 0.15) is 19.5 Å². The highest BCUT2D eigenvalue weighted by Crippen LogP contribution is 1.76. The first-order valence-corrected chi connectivity index (χ1v) is 5.82. The fourth-order valence-electron chi connectivity index (χ4n) is 0.600. The van der Waals surface area contributed by atoms with Gasteiger partial charge in [-0.1, -0.05) is 0 Å². The van der Waals surface area contributed by atoms with Gasteiger partial charge in [0.05, 0.1) is 12.6 Å². The number of aliphatic hydroxyl groups excluding tert-OH is 1. The van der Waals surface area contributed by atoms with Gasteiger partial charge in [-0.25, -0.2) is 0 Å². The molecule has 0 bridgehead atoms. The number of hydrogen-bond acceptors (Lipinski definition) is 7. The van der Waals surface area contributed by atoms with E-state index in [2.05, 4.69) is 14.8 Å². The fraction of sp³-hybridized carbons (Fsp3) is 0.667. The van der Waals surface area contributed by atoms with Crippen molar-refractivity contribution in [3.63, 3.8) is 0 Å². The zero-order chi connectivity index (χ0) is 16.4. The molecule has 1 amide bonds. The van der Waals surface area contributed by atoms with Crippen LogP contribution in [0, 0.1) is 0 Å². The summed E-state index contributed by atoms with van der Waals surface area (Å²) in [6, 6.07) is 0. The number of carbonyl (C=O) groups is 4. The first kappa shape index (κ1) is 23.2. The Hall–Kier alpha value is -1.96. The highest BCUT2D eigenvalue weighted by Gasteiger charge is 1.92. The summed E-state index contributed by atoms with van der Waals surface area (Å²) in [6.45, 7) is 6.76. The number of amides is 1. The molecule has 0 aliphatic carbocycles. The van der Waals surface area contributed by atoms with E-state index in [9.17, 15) is 14.4 Å². The molecule has 1 unspecified atom stereocenters. The normalized spacial score (nSPS) is 9.45. The minimum Gasteiger partial charge on any atom is -0.465 e. The van der Waals surface area contributed by atoms with Gasteiger partial charge in [-0.15, -0.1) is 0 Å². The summed E-state index contributed by atoms with van der Waals surface area (Å²) < 4.78 is 8.70. The van der Waals surface area contributed by atoms with Crippen molar-refractivity contribution in [2.75, 3.05) is 19.8 Å². The molecule has 8 heteroatoms. The Balaban J connectivity index is -0.000000251. The number of rotatable bonds is 6. The van der Waals surface area contributed by atoms with Gasteiger partial charge in [0.25, 0.3) is 6.47 Å². The highest BCUT2D eigenvalue weighted by atomic mass is 16.5. The first-order valence-electron chi connectivity index (χ1n) is 5.82. The van der Waals surface area contributed by atoms with Gasteiger partial charge < -0.3 is 24.7 Å². The third kappa shape index (κ3) is 44.4. The van der Waals surface area contributed by atoms with Crippen molar-refractivity contribution < 1.29 is 33.8 Å². The number of aliphatic hydroxyl groups is 1. The van der Waals surface area contributed by atoms with Crippen LogP contribution in [0.25, 0.3) is 0 Å². The monoisotopic (exact) mass is 293 g/mol. The molecule has 0 spiro atoms. The van der Waals surface area contributed by atoms with Crippen LogP contribution in [0.2, 0.25) is 0 Å². The van der Waals surface area contributed by atoms with E-state index >= 15 is 0 Å². The largest absolute Gasteiger partial charge is 0.465 e. The smallest absolute Gasteiger partial charge is 0.302 e. The molecule has 0 saturated heterocycles.